The fourth-order valence-electron chi connectivity index (χ4n) is 2.12. The number of rotatable bonds is 3. The highest BCUT2D eigenvalue weighted by molar-refractivity contribution is 7.85. The molecule has 3 rings (SSSR count). The molecule has 0 aliphatic rings. The predicted octanol–water partition coefficient (Wildman–Crippen LogP) is 4.21. The standard InChI is InChI=1S/C16H12N2O4S/c19-16-14-4-2-1-3-11(14)5-10-15(16)18-17-12-6-8-13(9-7-12)23(20,21)22/h1-10,19H,(H,20,21,22). The maximum Gasteiger partial charge on any atom is 0.294 e. The van der Waals surface area contributed by atoms with Gasteiger partial charge in [-0.2, -0.15) is 13.5 Å². The lowest BCUT2D eigenvalue weighted by atomic mass is 10.1. The Morgan fingerprint density at radius 3 is 2.22 bits per heavy atom. The minimum atomic E-state index is -4.23. The van der Waals surface area contributed by atoms with Crippen LogP contribution in [0.3, 0.4) is 0 Å². The fourth-order valence-corrected chi connectivity index (χ4v) is 2.60. The van der Waals surface area contributed by atoms with Gasteiger partial charge in [-0.25, -0.2) is 0 Å². The molecule has 7 heteroatoms. The topological polar surface area (TPSA) is 99.3 Å². The van der Waals surface area contributed by atoms with Crippen LogP contribution in [0.4, 0.5) is 11.4 Å². The van der Waals surface area contributed by atoms with Crippen LogP contribution in [0.5, 0.6) is 5.75 Å². The Morgan fingerprint density at radius 2 is 1.52 bits per heavy atom. The average molecular weight is 328 g/mol. The average Bonchev–Trinajstić information content (AvgIpc) is 2.54. The quantitative estimate of drug-likeness (QED) is 0.555. The molecule has 3 aromatic rings. The van der Waals surface area contributed by atoms with Crippen molar-refractivity contribution in [3.05, 3.63) is 60.7 Å². The van der Waals surface area contributed by atoms with E-state index in [0.29, 0.717) is 16.8 Å². The van der Waals surface area contributed by atoms with Crippen LogP contribution in [0.1, 0.15) is 0 Å². The van der Waals surface area contributed by atoms with Crippen LogP contribution < -0.4 is 0 Å². The molecule has 0 atom stereocenters. The molecule has 0 bridgehead atoms. The molecule has 0 radical (unpaired) electrons. The van der Waals surface area contributed by atoms with Crippen molar-refractivity contribution in [2.45, 2.75) is 4.90 Å². The van der Waals surface area contributed by atoms with Crippen LogP contribution >= 0.6 is 0 Å². The van der Waals surface area contributed by atoms with Gasteiger partial charge in [0.1, 0.15) is 5.69 Å². The van der Waals surface area contributed by atoms with E-state index in [0.717, 1.165) is 5.39 Å². The first kappa shape index (κ1) is 15.1. The maximum absolute atomic E-state index is 11.0. The third kappa shape index (κ3) is 3.20. The molecule has 0 saturated heterocycles. The van der Waals surface area contributed by atoms with E-state index in [2.05, 4.69) is 10.2 Å². The van der Waals surface area contributed by atoms with E-state index in [9.17, 15) is 13.5 Å². The summed E-state index contributed by atoms with van der Waals surface area (Å²) in [7, 11) is -4.23. The minimum absolute atomic E-state index is 0.0291. The van der Waals surface area contributed by atoms with Gasteiger partial charge in [0.15, 0.2) is 5.75 Å². The number of benzene rings is 3. The Balaban J connectivity index is 1.92. The molecule has 116 valence electrons. The lowest BCUT2D eigenvalue weighted by molar-refractivity contribution is 0.482. The molecular formula is C16H12N2O4S. The van der Waals surface area contributed by atoms with Crippen molar-refractivity contribution in [1.82, 2.24) is 0 Å². The van der Waals surface area contributed by atoms with E-state index >= 15 is 0 Å². The molecule has 23 heavy (non-hydrogen) atoms. The van der Waals surface area contributed by atoms with Gasteiger partial charge in [0.05, 0.1) is 10.6 Å². The lowest BCUT2D eigenvalue weighted by Gasteiger charge is -2.03. The van der Waals surface area contributed by atoms with Gasteiger partial charge in [0, 0.05) is 5.39 Å². The number of hydrogen-bond donors (Lipinski definition) is 2. The molecule has 2 N–H and O–H groups in total. The molecule has 0 aliphatic carbocycles. The second-order valence-electron chi connectivity index (χ2n) is 4.82. The first-order valence-corrected chi connectivity index (χ1v) is 8.09. The highest BCUT2D eigenvalue weighted by Gasteiger charge is 2.08. The van der Waals surface area contributed by atoms with Gasteiger partial charge in [0.2, 0.25) is 0 Å². The number of hydrogen-bond acceptors (Lipinski definition) is 5. The molecule has 0 aliphatic heterocycles. The van der Waals surface area contributed by atoms with Gasteiger partial charge >= 0.3 is 0 Å². The number of phenols is 1. The summed E-state index contributed by atoms with van der Waals surface area (Å²) >= 11 is 0. The van der Waals surface area contributed by atoms with Gasteiger partial charge < -0.3 is 5.11 Å². The zero-order chi connectivity index (χ0) is 16.4. The summed E-state index contributed by atoms with van der Waals surface area (Å²) in [6.07, 6.45) is 0. The normalized spacial score (nSPS) is 12.0. The van der Waals surface area contributed by atoms with E-state index < -0.39 is 10.1 Å². The number of aromatic hydroxyl groups is 1. The van der Waals surface area contributed by atoms with Crippen molar-refractivity contribution in [3.8, 4) is 5.75 Å². The van der Waals surface area contributed by atoms with Crippen molar-refractivity contribution >= 4 is 32.3 Å². The Hall–Kier alpha value is -2.77. The van der Waals surface area contributed by atoms with Gasteiger partial charge in [-0.1, -0.05) is 30.3 Å². The first-order chi connectivity index (χ1) is 10.9. The smallest absolute Gasteiger partial charge is 0.294 e. The first-order valence-electron chi connectivity index (χ1n) is 6.65. The number of nitrogens with zero attached hydrogens (tertiary/aromatic N) is 2. The van der Waals surface area contributed by atoms with Crippen molar-refractivity contribution in [3.63, 3.8) is 0 Å². The Labute approximate surface area is 132 Å². The molecule has 0 saturated carbocycles. The van der Waals surface area contributed by atoms with Gasteiger partial charge in [-0.15, -0.1) is 5.11 Å². The molecule has 0 amide bonds. The summed E-state index contributed by atoms with van der Waals surface area (Å²) in [5.41, 5.74) is 0.701. The molecule has 0 aromatic heterocycles. The second kappa shape index (κ2) is 5.79. The van der Waals surface area contributed by atoms with Crippen LogP contribution in [0.15, 0.2) is 75.8 Å². The summed E-state index contributed by atoms with van der Waals surface area (Å²) in [5, 5.41) is 19.7. The highest BCUT2D eigenvalue weighted by Crippen LogP contribution is 2.35. The fraction of sp³-hybridized carbons (Fsp3) is 0. The third-order valence-electron chi connectivity index (χ3n) is 3.29. The van der Waals surface area contributed by atoms with Crippen LogP contribution in [-0.2, 0) is 10.1 Å². The van der Waals surface area contributed by atoms with Gasteiger partial charge in [-0.05, 0) is 35.7 Å². The SMILES string of the molecule is O=S(=O)(O)c1ccc(N=Nc2ccc3ccccc3c2O)cc1. The molecule has 0 spiro atoms. The molecule has 3 aromatic carbocycles. The van der Waals surface area contributed by atoms with Gasteiger partial charge in [-0.3, -0.25) is 4.55 Å². The van der Waals surface area contributed by atoms with E-state index in [1.165, 1.54) is 24.3 Å². The number of azo groups is 1. The zero-order valence-corrected chi connectivity index (χ0v) is 12.6. The molecule has 0 unspecified atom stereocenters. The van der Waals surface area contributed by atoms with Gasteiger partial charge in [0.25, 0.3) is 10.1 Å². The summed E-state index contributed by atoms with van der Waals surface area (Å²) in [6, 6.07) is 16.1. The highest BCUT2D eigenvalue weighted by atomic mass is 32.2. The summed E-state index contributed by atoms with van der Waals surface area (Å²) in [5.74, 6) is 0.0291. The lowest BCUT2D eigenvalue weighted by Crippen LogP contribution is -1.96. The van der Waals surface area contributed by atoms with Crippen molar-refractivity contribution < 1.29 is 18.1 Å². The van der Waals surface area contributed by atoms with E-state index in [4.69, 9.17) is 4.55 Å². The van der Waals surface area contributed by atoms with Crippen LogP contribution in [0.25, 0.3) is 10.8 Å². The predicted molar refractivity (Wildman–Crippen MR) is 86.0 cm³/mol. The summed E-state index contributed by atoms with van der Waals surface area (Å²) < 4.78 is 30.8. The van der Waals surface area contributed by atoms with Crippen molar-refractivity contribution in [2.75, 3.05) is 0 Å². The zero-order valence-electron chi connectivity index (χ0n) is 11.8. The number of phenolic OH excluding ortho intramolecular Hbond substituents is 1. The van der Waals surface area contributed by atoms with E-state index in [1.54, 1.807) is 12.1 Å². The Bertz CT molecular complexity index is 996. The van der Waals surface area contributed by atoms with Crippen LogP contribution in [-0.4, -0.2) is 18.1 Å². The largest absolute Gasteiger partial charge is 0.505 e. The number of fused-ring (bicyclic) bond motifs is 1. The summed E-state index contributed by atoms with van der Waals surface area (Å²) in [4.78, 5) is -0.218. The maximum atomic E-state index is 11.0. The molecular weight excluding hydrogens is 316 g/mol. The molecule has 6 nitrogen and oxygen atoms in total. The van der Waals surface area contributed by atoms with Crippen LogP contribution in [0, 0.1) is 0 Å². The molecule has 0 fully saturated rings. The second-order valence-corrected chi connectivity index (χ2v) is 6.24. The Morgan fingerprint density at radius 1 is 0.826 bits per heavy atom. The van der Waals surface area contributed by atoms with Crippen molar-refractivity contribution in [1.29, 1.82) is 0 Å². The third-order valence-corrected chi connectivity index (χ3v) is 4.15. The van der Waals surface area contributed by atoms with E-state index in [1.807, 2.05) is 24.3 Å². The molecule has 0 heterocycles. The van der Waals surface area contributed by atoms with E-state index in [-0.39, 0.29) is 10.6 Å². The Kier molecular flexibility index (Phi) is 3.81. The monoisotopic (exact) mass is 328 g/mol. The summed E-state index contributed by atoms with van der Waals surface area (Å²) in [6.45, 7) is 0. The minimum Gasteiger partial charge on any atom is -0.505 e. The van der Waals surface area contributed by atoms with Crippen LogP contribution in [0.2, 0.25) is 0 Å². The van der Waals surface area contributed by atoms with Crippen molar-refractivity contribution in [2.24, 2.45) is 10.2 Å².